The number of hydrogen-bond donors (Lipinski definition) is 2. The molecule has 0 fully saturated rings. The van der Waals surface area contributed by atoms with Gasteiger partial charge in [0.1, 0.15) is 0 Å². The van der Waals surface area contributed by atoms with Crippen LogP contribution in [0.4, 0.5) is 0 Å². The van der Waals surface area contributed by atoms with Crippen molar-refractivity contribution in [2.24, 2.45) is 5.92 Å². The fourth-order valence-corrected chi connectivity index (χ4v) is 1.92. The quantitative estimate of drug-likeness (QED) is 0.647. The Bertz CT molecular complexity index is 326. The number of allylic oxidation sites excluding steroid dienone is 4. The summed E-state index contributed by atoms with van der Waals surface area (Å²) in [6.07, 6.45) is 7.08. The molecular formula is C16H27NO. The van der Waals surface area contributed by atoms with Crippen molar-refractivity contribution in [3.63, 3.8) is 0 Å². The van der Waals surface area contributed by atoms with Crippen molar-refractivity contribution in [1.82, 2.24) is 5.32 Å². The van der Waals surface area contributed by atoms with Crippen LogP contribution in [0.3, 0.4) is 0 Å². The van der Waals surface area contributed by atoms with Crippen LogP contribution >= 0.6 is 0 Å². The fourth-order valence-electron chi connectivity index (χ4n) is 1.92. The van der Waals surface area contributed by atoms with E-state index < -0.39 is 6.10 Å². The molecule has 0 aromatic rings. The van der Waals surface area contributed by atoms with Crippen LogP contribution in [0.2, 0.25) is 0 Å². The Labute approximate surface area is 112 Å². The minimum absolute atomic E-state index is 0.0644. The van der Waals surface area contributed by atoms with Crippen LogP contribution in [0, 0.1) is 5.92 Å². The third-order valence-corrected chi connectivity index (χ3v) is 2.77. The molecule has 0 aliphatic carbocycles. The Kier molecular flexibility index (Phi) is 8.34. The molecule has 2 heteroatoms. The molecule has 0 saturated heterocycles. The zero-order valence-corrected chi connectivity index (χ0v) is 12.1. The Morgan fingerprint density at radius 1 is 1.39 bits per heavy atom. The highest BCUT2D eigenvalue weighted by atomic mass is 16.3. The molecule has 0 aromatic carbocycles. The molecule has 2 nitrogen and oxygen atoms in total. The molecule has 2 atom stereocenters. The van der Waals surface area contributed by atoms with Crippen LogP contribution in [0.15, 0.2) is 48.6 Å². The number of rotatable bonds is 8. The molecule has 0 spiro atoms. The van der Waals surface area contributed by atoms with Crippen LogP contribution in [0.5, 0.6) is 0 Å². The van der Waals surface area contributed by atoms with Gasteiger partial charge in [-0.3, -0.25) is 0 Å². The molecule has 0 rings (SSSR count). The summed E-state index contributed by atoms with van der Waals surface area (Å²) in [7, 11) is 0. The van der Waals surface area contributed by atoms with E-state index in [0.717, 1.165) is 11.1 Å². The van der Waals surface area contributed by atoms with Gasteiger partial charge in [-0.2, -0.15) is 0 Å². The van der Waals surface area contributed by atoms with E-state index >= 15 is 0 Å². The minimum Gasteiger partial charge on any atom is -0.391 e. The zero-order valence-electron chi connectivity index (χ0n) is 12.1. The summed E-state index contributed by atoms with van der Waals surface area (Å²) >= 11 is 0. The summed E-state index contributed by atoms with van der Waals surface area (Å²) in [6.45, 7) is 16.4. The molecule has 1 unspecified atom stereocenters. The molecule has 102 valence electrons. The van der Waals surface area contributed by atoms with E-state index in [-0.39, 0.29) is 5.92 Å². The van der Waals surface area contributed by atoms with E-state index in [0.29, 0.717) is 12.6 Å². The normalized spacial score (nSPS) is 16.0. The Balaban J connectivity index is 4.91. The van der Waals surface area contributed by atoms with Crippen molar-refractivity contribution in [3.8, 4) is 0 Å². The van der Waals surface area contributed by atoms with Gasteiger partial charge in [-0.1, -0.05) is 56.9 Å². The summed E-state index contributed by atoms with van der Waals surface area (Å²) in [5, 5.41) is 13.6. The molecule has 0 aliphatic heterocycles. The SMILES string of the molecule is C=C/C=C(\C)C(C(=C)/C=C\C)[C@@H](O)CNC(C)C. The van der Waals surface area contributed by atoms with E-state index in [1.165, 1.54) is 0 Å². The van der Waals surface area contributed by atoms with Crippen LogP contribution in [0.1, 0.15) is 27.7 Å². The molecule has 0 amide bonds. The first-order valence-corrected chi connectivity index (χ1v) is 6.46. The summed E-state index contributed by atoms with van der Waals surface area (Å²) in [5.41, 5.74) is 2.00. The highest BCUT2D eigenvalue weighted by Crippen LogP contribution is 2.24. The second-order valence-electron chi connectivity index (χ2n) is 4.83. The number of aliphatic hydroxyl groups is 1. The van der Waals surface area contributed by atoms with Crippen molar-refractivity contribution >= 4 is 0 Å². The number of hydrogen-bond acceptors (Lipinski definition) is 2. The van der Waals surface area contributed by atoms with Gasteiger partial charge < -0.3 is 10.4 Å². The monoisotopic (exact) mass is 249 g/mol. The molecule has 0 aromatic heterocycles. The van der Waals surface area contributed by atoms with Gasteiger partial charge in [0, 0.05) is 18.5 Å². The van der Waals surface area contributed by atoms with Gasteiger partial charge in [0.15, 0.2) is 0 Å². The first kappa shape index (κ1) is 16.9. The predicted molar refractivity (Wildman–Crippen MR) is 80.5 cm³/mol. The number of aliphatic hydroxyl groups excluding tert-OH is 1. The highest BCUT2D eigenvalue weighted by molar-refractivity contribution is 5.29. The van der Waals surface area contributed by atoms with E-state index in [9.17, 15) is 5.11 Å². The lowest BCUT2D eigenvalue weighted by Crippen LogP contribution is -2.37. The first-order chi connectivity index (χ1) is 8.43. The van der Waals surface area contributed by atoms with Gasteiger partial charge in [0.05, 0.1) is 6.10 Å². The summed E-state index contributed by atoms with van der Waals surface area (Å²) in [6, 6.07) is 0.360. The van der Waals surface area contributed by atoms with Gasteiger partial charge in [-0.25, -0.2) is 0 Å². The van der Waals surface area contributed by atoms with Gasteiger partial charge in [-0.05, 0) is 19.4 Å². The summed E-state index contributed by atoms with van der Waals surface area (Å²) < 4.78 is 0. The molecule has 0 aliphatic rings. The minimum atomic E-state index is -0.479. The maximum absolute atomic E-state index is 10.3. The Hall–Kier alpha value is -1.12. The smallest absolute Gasteiger partial charge is 0.0770 e. The second-order valence-corrected chi connectivity index (χ2v) is 4.83. The summed E-state index contributed by atoms with van der Waals surface area (Å²) in [4.78, 5) is 0. The van der Waals surface area contributed by atoms with Crippen LogP contribution in [-0.4, -0.2) is 23.8 Å². The first-order valence-electron chi connectivity index (χ1n) is 6.46. The van der Waals surface area contributed by atoms with Crippen LogP contribution in [-0.2, 0) is 0 Å². The maximum atomic E-state index is 10.3. The number of nitrogens with one attached hydrogen (secondary N) is 1. The zero-order chi connectivity index (χ0) is 14.1. The lowest BCUT2D eigenvalue weighted by molar-refractivity contribution is 0.136. The Morgan fingerprint density at radius 2 is 2.00 bits per heavy atom. The van der Waals surface area contributed by atoms with Crippen molar-refractivity contribution < 1.29 is 5.11 Å². The van der Waals surface area contributed by atoms with Gasteiger partial charge in [0.2, 0.25) is 0 Å². The third kappa shape index (κ3) is 5.99. The molecule has 0 heterocycles. The van der Waals surface area contributed by atoms with E-state index in [2.05, 4.69) is 32.3 Å². The van der Waals surface area contributed by atoms with Gasteiger partial charge in [0.25, 0.3) is 0 Å². The fraction of sp³-hybridized carbons (Fsp3) is 0.500. The lowest BCUT2D eigenvalue weighted by Gasteiger charge is -2.25. The molecule has 18 heavy (non-hydrogen) atoms. The van der Waals surface area contributed by atoms with Crippen LogP contribution in [0.25, 0.3) is 0 Å². The van der Waals surface area contributed by atoms with Crippen molar-refractivity contribution in [1.29, 1.82) is 0 Å². The third-order valence-electron chi connectivity index (χ3n) is 2.77. The van der Waals surface area contributed by atoms with Crippen molar-refractivity contribution in [3.05, 3.63) is 48.6 Å². The topological polar surface area (TPSA) is 32.3 Å². The molecule has 0 radical (unpaired) electrons. The molecule has 0 saturated carbocycles. The maximum Gasteiger partial charge on any atom is 0.0770 e. The van der Waals surface area contributed by atoms with Crippen LogP contribution < -0.4 is 5.32 Å². The average molecular weight is 249 g/mol. The van der Waals surface area contributed by atoms with E-state index in [1.807, 2.05) is 32.1 Å². The lowest BCUT2D eigenvalue weighted by atomic mass is 9.86. The van der Waals surface area contributed by atoms with Crippen molar-refractivity contribution in [2.75, 3.05) is 6.54 Å². The second kappa shape index (κ2) is 8.90. The largest absolute Gasteiger partial charge is 0.391 e. The van der Waals surface area contributed by atoms with Gasteiger partial charge in [-0.15, -0.1) is 0 Å². The standard InChI is InChI=1S/C16H27NO/c1-7-9-13(5)16(14(6)10-8-2)15(18)11-17-12(3)4/h7-10,12,15-18H,1,6,11H2,2-5H3/b10-8-,13-9+/t15-,16?/m0/s1. The average Bonchev–Trinajstić information content (AvgIpc) is 2.27. The highest BCUT2D eigenvalue weighted by Gasteiger charge is 2.22. The van der Waals surface area contributed by atoms with E-state index in [4.69, 9.17) is 0 Å². The van der Waals surface area contributed by atoms with Crippen molar-refractivity contribution in [2.45, 2.75) is 39.8 Å². The van der Waals surface area contributed by atoms with E-state index in [1.54, 1.807) is 6.08 Å². The molecule has 2 N–H and O–H groups in total. The summed E-state index contributed by atoms with van der Waals surface area (Å²) in [5.74, 6) is -0.0644. The van der Waals surface area contributed by atoms with Gasteiger partial charge >= 0.3 is 0 Å². The Morgan fingerprint density at radius 3 is 2.44 bits per heavy atom. The molecular weight excluding hydrogens is 222 g/mol. The predicted octanol–water partition coefficient (Wildman–Crippen LogP) is 3.23. The molecule has 0 bridgehead atoms.